The maximum atomic E-state index is 12.2. The molecule has 18 heavy (non-hydrogen) atoms. The van der Waals surface area contributed by atoms with Crippen LogP contribution in [0.4, 0.5) is 5.69 Å². The van der Waals surface area contributed by atoms with Crippen LogP contribution in [0.5, 0.6) is 0 Å². The van der Waals surface area contributed by atoms with Crippen molar-refractivity contribution in [2.24, 2.45) is 5.92 Å². The Labute approximate surface area is 116 Å². The van der Waals surface area contributed by atoms with Crippen LogP contribution in [-0.2, 0) is 4.79 Å². The predicted molar refractivity (Wildman–Crippen MR) is 75.6 cm³/mol. The quantitative estimate of drug-likeness (QED) is 0.912. The number of hydrogen-bond acceptors (Lipinski definition) is 2. The van der Waals surface area contributed by atoms with Gasteiger partial charge in [-0.15, -0.1) is 0 Å². The minimum Gasteiger partial charge on any atom is -0.396 e. The lowest BCUT2D eigenvalue weighted by atomic mass is 9.89. The van der Waals surface area contributed by atoms with Gasteiger partial charge in [0.2, 0.25) is 5.91 Å². The van der Waals surface area contributed by atoms with Gasteiger partial charge >= 0.3 is 0 Å². The number of amides is 1. The fourth-order valence-electron chi connectivity index (χ4n) is 2.66. The van der Waals surface area contributed by atoms with Gasteiger partial charge in [0.1, 0.15) is 0 Å². The summed E-state index contributed by atoms with van der Waals surface area (Å²) in [6, 6.07) is 5.90. The average Bonchev–Trinajstić information content (AvgIpc) is 2.50. The molecule has 1 aliphatic rings. The molecule has 4 heteroatoms. The Bertz CT molecular complexity index is 485. The molecule has 2 rings (SSSR count). The van der Waals surface area contributed by atoms with E-state index in [1.54, 1.807) is 0 Å². The van der Waals surface area contributed by atoms with Gasteiger partial charge < -0.3 is 10.0 Å². The number of aliphatic hydroxyl groups is 1. The van der Waals surface area contributed by atoms with E-state index in [0.29, 0.717) is 6.42 Å². The van der Waals surface area contributed by atoms with Crippen LogP contribution < -0.4 is 4.90 Å². The van der Waals surface area contributed by atoms with E-state index in [2.05, 4.69) is 15.9 Å². The average molecular weight is 312 g/mol. The number of nitrogens with zero attached hydrogens (tertiary/aromatic N) is 1. The molecule has 1 unspecified atom stereocenters. The predicted octanol–water partition coefficient (Wildman–Crippen LogP) is 2.88. The highest BCUT2D eigenvalue weighted by Crippen LogP contribution is 2.40. The molecule has 0 aromatic heterocycles. The van der Waals surface area contributed by atoms with Crippen LogP contribution in [0.2, 0.25) is 0 Å². The lowest BCUT2D eigenvalue weighted by Gasteiger charge is -2.36. The largest absolute Gasteiger partial charge is 0.396 e. The minimum atomic E-state index is -0.343. The van der Waals surface area contributed by atoms with Crippen molar-refractivity contribution in [2.75, 3.05) is 11.5 Å². The second kappa shape index (κ2) is 4.67. The third-order valence-electron chi connectivity index (χ3n) is 3.87. The zero-order valence-corrected chi connectivity index (χ0v) is 12.5. The normalized spacial score (nSPS) is 22.6. The van der Waals surface area contributed by atoms with E-state index >= 15 is 0 Å². The number of aliphatic hydroxyl groups excluding tert-OH is 1. The second-order valence-electron chi connectivity index (χ2n) is 5.40. The molecule has 0 saturated carbocycles. The van der Waals surface area contributed by atoms with Gasteiger partial charge in [-0.05, 0) is 44.5 Å². The first-order chi connectivity index (χ1) is 8.37. The van der Waals surface area contributed by atoms with Gasteiger partial charge in [0.05, 0.1) is 0 Å². The van der Waals surface area contributed by atoms with Gasteiger partial charge in [-0.25, -0.2) is 0 Å². The first-order valence-electron chi connectivity index (χ1n) is 6.08. The number of aryl methyl sites for hydroxylation is 1. The topological polar surface area (TPSA) is 40.5 Å². The van der Waals surface area contributed by atoms with Crippen LogP contribution in [0.15, 0.2) is 22.7 Å². The third kappa shape index (κ3) is 2.08. The van der Waals surface area contributed by atoms with Gasteiger partial charge in [-0.3, -0.25) is 4.79 Å². The molecule has 1 N–H and O–H groups in total. The Balaban J connectivity index is 2.46. The van der Waals surface area contributed by atoms with E-state index in [1.807, 2.05) is 43.9 Å². The van der Waals surface area contributed by atoms with Crippen LogP contribution in [0.25, 0.3) is 0 Å². The molecule has 1 saturated heterocycles. The minimum absolute atomic E-state index is 0.00644. The van der Waals surface area contributed by atoms with E-state index in [4.69, 9.17) is 0 Å². The summed E-state index contributed by atoms with van der Waals surface area (Å²) in [5, 5.41) is 9.41. The summed E-state index contributed by atoms with van der Waals surface area (Å²) in [5.41, 5.74) is 1.65. The van der Waals surface area contributed by atoms with E-state index in [1.165, 1.54) is 0 Å². The Morgan fingerprint density at radius 2 is 2.17 bits per heavy atom. The van der Waals surface area contributed by atoms with E-state index < -0.39 is 0 Å². The summed E-state index contributed by atoms with van der Waals surface area (Å²) in [6.45, 7) is 6.07. The standard InChI is InChI=1S/C14H18BrNO2/c1-9-6-11(15)4-5-12(9)16-13(18)7-10(8-17)14(16,2)3/h4-6,10,17H,7-8H2,1-3H3. The van der Waals surface area contributed by atoms with Crippen molar-refractivity contribution in [2.45, 2.75) is 32.7 Å². The molecule has 0 aliphatic carbocycles. The Morgan fingerprint density at radius 1 is 1.50 bits per heavy atom. The number of anilines is 1. The molecule has 3 nitrogen and oxygen atoms in total. The first-order valence-corrected chi connectivity index (χ1v) is 6.87. The number of halogens is 1. The van der Waals surface area contributed by atoms with Crippen LogP contribution in [0.1, 0.15) is 25.8 Å². The van der Waals surface area contributed by atoms with Gasteiger partial charge in [0, 0.05) is 34.6 Å². The molecule has 1 heterocycles. The molecule has 1 aromatic rings. The molecular formula is C14H18BrNO2. The molecule has 1 amide bonds. The fraction of sp³-hybridized carbons (Fsp3) is 0.500. The number of carbonyl (C=O) groups excluding carboxylic acids is 1. The summed E-state index contributed by atoms with van der Waals surface area (Å²) in [7, 11) is 0. The molecular weight excluding hydrogens is 294 g/mol. The Morgan fingerprint density at radius 3 is 2.67 bits per heavy atom. The third-order valence-corrected chi connectivity index (χ3v) is 4.36. The van der Waals surface area contributed by atoms with Crippen LogP contribution in [0, 0.1) is 12.8 Å². The molecule has 0 bridgehead atoms. The highest BCUT2D eigenvalue weighted by atomic mass is 79.9. The SMILES string of the molecule is Cc1cc(Br)ccc1N1C(=O)CC(CO)C1(C)C. The monoisotopic (exact) mass is 311 g/mol. The zero-order valence-electron chi connectivity index (χ0n) is 10.9. The van der Waals surface area contributed by atoms with Crippen LogP contribution in [-0.4, -0.2) is 23.2 Å². The fourth-order valence-corrected chi connectivity index (χ4v) is 3.13. The van der Waals surface area contributed by atoms with Gasteiger partial charge in [-0.2, -0.15) is 0 Å². The van der Waals surface area contributed by atoms with Crippen molar-refractivity contribution < 1.29 is 9.90 Å². The second-order valence-corrected chi connectivity index (χ2v) is 6.31. The molecule has 1 atom stereocenters. The highest BCUT2D eigenvalue weighted by molar-refractivity contribution is 9.10. The van der Waals surface area contributed by atoms with Crippen LogP contribution >= 0.6 is 15.9 Å². The number of rotatable bonds is 2. The lowest BCUT2D eigenvalue weighted by molar-refractivity contribution is -0.117. The summed E-state index contributed by atoms with van der Waals surface area (Å²) >= 11 is 3.43. The Kier molecular flexibility index (Phi) is 3.52. The van der Waals surface area contributed by atoms with Crippen molar-refractivity contribution in [1.82, 2.24) is 0 Å². The Hall–Kier alpha value is -0.870. The summed E-state index contributed by atoms with van der Waals surface area (Å²) < 4.78 is 1.01. The highest BCUT2D eigenvalue weighted by Gasteiger charge is 2.46. The van der Waals surface area contributed by atoms with Crippen molar-refractivity contribution in [3.8, 4) is 0 Å². The van der Waals surface area contributed by atoms with Crippen molar-refractivity contribution >= 4 is 27.5 Å². The molecule has 98 valence electrons. The maximum absolute atomic E-state index is 12.2. The van der Waals surface area contributed by atoms with Crippen molar-refractivity contribution in [1.29, 1.82) is 0 Å². The molecule has 1 aromatic carbocycles. The molecule has 0 spiro atoms. The molecule has 0 radical (unpaired) electrons. The van der Waals surface area contributed by atoms with E-state index in [-0.39, 0.29) is 24.0 Å². The first kappa shape index (κ1) is 13.6. The number of benzene rings is 1. The van der Waals surface area contributed by atoms with Gasteiger partial charge in [-0.1, -0.05) is 15.9 Å². The smallest absolute Gasteiger partial charge is 0.227 e. The zero-order chi connectivity index (χ0) is 13.5. The lowest BCUT2D eigenvalue weighted by Crippen LogP contribution is -2.45. The van der Waals surface area contributed by atoms with E-state index in [0.717, 1.165) is 15.7 Å². The summed E-state index contributed by atoms with van der Waals surface area (Å²) in [5.74, 6) is 0.0810. The van der Waals surface area contributed by atoms with E-state index in [9.17, 15) is 9.90 Å². The summed E-state index contributed by atoms with van der Waals surface area (Å²) in [6.07, 6.45) is 0.416. The van der Waals surface area contributed by atoms with Gasteiger partial charge in [0.25, 0.3) is 0 Å². The van der Waals surface area contributed by atoms with Crippen molar-refractivity contribution in [3.05, 3.63) is 28.2 Å². The number of hydrogen-bond donors (Lipinski definition) is 1. The van der Waals surface area contributed by atoms with Crippen molar-refractivity contribution in [3.63, 3.8) is 0 Å². The molecule has 1 aliphatic heterocycles. The number of carbonyl (C=O) groups is 1. The molecule has 1 fully saturated rings. The summed E-state index contributed by atoms with van der Waals surface area (Å²) in [4.78, 5) is 14.0. The maximum Gasteiger partial charge on any atom is 0.227 e. The van der Waals surface area contributed by atoms with Crippen LogP contribution in [0.3, 0.4) is 0 Å². The van der Waals surface area contributed by atoms with Gasteiger partial charge in [0.15, 0.2) is 0 Å².